The fraction of sp³-hybridized carbons (Fsp3) is 0.0588. The van der Waals surface area contributed by atoms with Crippen LogP contribution < -0.4 is 11.3 Å². The van der Waals surface area contributed by atoms with Crippen molar-refractivity contribution in [2.45, 2.75) is 6.92 Å². The number of nitrogens with one attached hydrogen (secondary N) is 1. The summed E-state index contributed by atoms with van der Waals surface area (Å²) in [7, 11) is 0. The molecule has 116 valence electrons. The number of hydrogen-bond acceptors (Lipinski definition) is 3. The van der Waals surface area contributed by atoms with E-state index in [0.29, 0.717) is 27.1 Å². The molecule has 3 N–H and O–H groups in total. The van der Waals surface area contributed by atoms with Gasteiger partial charge >= 0.3 is 0 Å². The van der Waals surface area contributed by atoms with Crippen LogP contribution >= 0.6 is 11.6 Å². The van der Waals surface area contributed by atoms with Gasteiger partial charge in [-0.05, 0) is 30.7 Å². The number of nitrogen functional groups attached to an aromatic ring is 1. The van der Waals surface area contributed by atoms with E-state index in [9.17, 15) is 9.59 Å². The van der Waals surface area contributed by atoms with E-state index in [1.165, 1.54) is 10.8 Å². The second-order valence-electron chi connectivity index (χ2n) is 5.19. The summed E-state index contributed by atoms with van der Waals surface area (Å²) in [4.78, 5) is 24.8. The second-order valence-corrected chi connectivity index (χ2v) is 5.60. The van der Waals surface area contributed by atoms with Crippen molar-refractivity contribution in [2.75, 3.05) is 0 Å². The number of carbonyl (C=O) groups excluding carboxylic acids is 2. The Morgan fingerprint density at radius 3 is 2.57 bits per heavy atom. The molecule has 0 saturated heterocycles. The minimum absolute atomic E-state index is 0.303. The Kier molecular flexibility index (Phi) is 3.90. The number of rotatable bonds is 2. The van der Waals surface area contributed by atoms with E-state index in [1.807, 2.05) is 13.0 Å². The molecule has 0 aliphatic carbocycles. The van der Waals surface area contributed by atoms with Gasteiger partial charge in [-0.25, -0.2) is 5.84 Å². The summed E-state index contributed by atoms with van der Waals surface area (Å²) in [5.74, 6) is 4.46. The maximum Gasteiger partial charge on any atom is 0.267 e. The third-order valence-corrected chi connectivity index (χ3v) is 3.97. The number of para-hydroxylation sites is 1. The number of benzene rings is 2. The first kappa shape index (κ1) is 15.3. The Morgan fingerprint density at radius 2 is 1.87 bits per heavy atom. The number of aryl methyl sites for hydroxylation is 1. The van der Waals surface area contributed by atoms with Crippen molar-refractivity contribution in [1.29, 1.82) is 0 Å². The van der Waals surface area contributed by atoms with Crippen molar-refractivity contribution in [1.82, 2.24) is 9.99 Å². The number of nitrogens with two attached hydrogens (primary N) is 1. The Labute approximate surface area is 137 Å². The number of amides is 1. The van der Waals surface area contributed by atoms with Crippen LogP contribution in [0.5, 0.6) is 0 Å². The summed E-state index contributed by atoms with van der Waals surface area (Å²) in [5.41, 5.74) is 4.38. The highest BCUT2D eigenvalue weighted by molar-refractivity contribution is 6.34. The molecule has 6 heteroatoms. The fourth-order valence-electron chi connectivity index (χ4n) is 2.53. The number of halogens is 1. The van der Waals surface area contributed by atoms with Crippen LogP contribution in [0.25, 0.3) is 10.9 Å². The smallest absolute Gasteiger partial charge is 0.267 e. The van der Waals surface area contributed by atoms with Crippen LogP contribution in [-0.2, 0) is 0 Å². The van der Waals surface area contributed by atoms with Crippen LogP contribution in [0.3, 0.4) is 0 Å². The monoisotopic (exact) mass is 327 g/mol. The van der Waals surface area contributed by atoms with Gasteiger partial charge in [0.2, 0.25) is 0 Å². The lowest BCUT2D eigenvalue weighted by Gasteiger charge is -2.06. The van der Waals surface area contributed by atoms with Crippen molar-refractivity contribution in [2.24, 2.45) is 5.84 Å². The molecule has 0 radical (unpaired) electrons. The molecule has 2 aromatic carbocycles. The van der Waals surface area contributed by atoms with Crippen molar-refractivity contribution >= 4 is 34.3 Å². The molecule has 0 atom stereocenters. The number of fused-ring (bicyclic) bond motifs is 1. The van der Waals surface area contributed by atoms with Gasteiger partial charge in [-0.15, -0.1) is 0 Å². The van der Waals surface area contributed by atoms with Gasteiger partial charge in [-0.2, -0.15) is 0 Å². The topological polar surface area (TPSA) is 77.1 Å². The minimum Gasteiger partial charge on any atom is -0.290 e. The summed E-state index contributed by atoms with van der Waals surface area (Å²) < 4.78 is 1.41. The third-order valence-electron chi connectivity index (χ3n) is 3.66. The van der Waals surface area contributed by atoms with Crippen LogP contribution in [0.2, 0.25) is 5.02 Å². The molecule has 5 nitrogen and oxygen atoms in total. The highest BCUT2D eigenvalue weighted by atomic mass is 35.5. The van der Waals surface area contributed by atoms with E-state index in [-0.39, 0.29) is 5.91 Å². The molecule has 0 bridgehead atoms. The predicted molar refractivity (Wildman–Crippen MR) is 89.5 cm³/mol. The number of carbonyl (C=O) groups is 2. The van der Waals surface area contributed by atoms with Gasteiger partial charge in [0, 0.05) is 11.6 Å². The molecule has 0 saturated carbocycles. The summed E-state index contributed by atoms with van der Waals surface area (Å²) in [6.45, 7) is 1.90. The number of hydrazine groups is 1. The summed E-state index contributed by atoms with van der Waals surface area (Å²) >= 11 is 6.19. The number of hydrogen-bond donors (Lipinski definition) is 2. The Morgan fingerprint density at radius 1 is 1.13 bits per heavy atom. The van der Waals surface area contributed by atoms with Crippen LogP contribution in [0.4, 0.5) is 0 Å². The zero-order valence-corrected chi connectivity index (χ0v) is 13.1. The Balaban J connectivity index is 2.20. The van der Waals surface area contributed by atoms with Crippen molar-refractivity contribution < 1.29 is 9.59 Å². The molecule has 1 amide bonds. The van der Waals surface area contributed by atoms with E-state index in [1.54, 1.807) is 36.4 Å². The van der Waals surface area contributed by atoms with Crippen LogP contribution in [0.1, 0.15) is 26.3 Å². The van der Waals surface area contributed by atoms with Crippen LogP contribution in [0.15, 0.2) is 48.7 Å². The lowest BCUT2D eigenvalue weighted by molar-refractivity contribution is 0.0955. The first-order valence-corrected chi connectivity index (χ1v) is 7.32. The molecular weight excluding hydrogens is 314 g/mol. The highest BCUT2D eigenvalue weighted by Gasteiger charge is 2.20. The Bertz CT molecular complexity index is 931. The Hall–Kier alpha value is -2.63. The lowest BCUT2D eigenvalue weighted by Crippen LogP contribution is -2.29. The predicted octanol–water partition coefficient (Wildman–Crippen LogP) is 2.90. The average molecular weight is 328 g/mol. The number of aromatic nitrogens is 1. The molecule has 3 rings (SSSR count). The van der Waals surface area contributed by atoms with Crippen molar-refractivity contribution in [3.05, 3.63) is 70.4 Å². The van der Waals surface area contributed by atoms with Gasteiger partial charge in [-0.1, -0.05) is 35.9 Å². The average Bonchev–Trinajstić information content (AvgIpc) is 2.93. The first-order chi connectivity index (χ1) is 11.0. The van der Waals surface area contributed by atoms with Crippen LogP contribution in [-0.4, -0.2) is 16.4 Å². The van der Waals surface area contributed by atoms with E-state index < -0.39 is 5.91 Å². The molecule has 3 aromatic rings. The molecule has 0 fully saturated rings. The van der Waals surface area contributed by atoms with Crippen molar-refractivity contribution in [3.8, 4) is 0 Å². The normalized spacial score (nSPS) is 10.7. The molecule has 1 heterocycles. The largest absolute Gasteiger partial charge is 0.290 e. The first-order valence-electron chi connectivity index (χ1n) is 6.95. The van der Waals surface area contributed by atoms with E-state index in [4.69, 9.17) is 17.4 Å². The summed E-state index contributed by atoms with van der Waals surface area (Å²) in [6, 6.07) is 12.4. The van der Waals surface area contributed by atoms with Gasteiger partial charge in [0.05, 0.1) is 21.7 Å². The SMILES string of the molecule is Cc1ccc(C(=O)n2cc(C(=O)NN)c3ccccc32)c(Cl)c1. The molecule has 1 aromatic heterocycles. The second kappa shape index (κ2) is 5.87. The third kappa shape index (κ3) is 2.60. The van der Waals surface area contributed by atoms with Crippen LogP contribution in [0, 0.1) is 6.92 Å². The van der Waals surface area contributed by atoms with Gasteiger partial charge in [0.1, 0.15) is 0 Å². The molecule has 0 spiro atoms. The van der Waals surface area contributed by atoms with Crippen molar-refractivity contribution in [3.63, 3.8) is 0 Å². The maximum absolute atomic E-state index is 12.8. The van der Waals surface area contributed by atoms with Gasteiger partial charge < -0.3 is 0 Å². The molecule has 0 aliphatic rings. The quantitative estimate of drug-likeness (QED) is 0.431. The fourth-order valence-corrected chi connectivity index (χ4v) is 2.85. The maximum atomic E-state index is 12.8. The minimum atomic E-state index is -0.456. The zero-order chi connectivity index (χ0) is 16.6. The molecule has 23 heavy (non-hydrogen) atoms. The lowest BCUT2D eigenvalue weighted by atomic mass is 10.1. The highest BCUT2D eigenvalue weighted by Crippen LogP contribution is 2.25. The zero-order valence-electron chi connectivity index (χ0n) is 12.3. The standard InChI is InChI=1S/C17H14ClN3O2/c1-10-6-7-12(14(18)8-10)17(23)21-9-13(16(22)20-19)11-4-2-3-5-15(11)21/h2-9H,19H2,1H3,(H,20,22). The van der Waals surface area contributed by atoms with E-state index in [0.717, 1.165) is 5.56 Å². The van der Waals surface area contributed by atoms with E-state index >= 15 is 0 Å². The molecular formula is C17H14ClN3O2. The molecule has 0 aliphatic heterocycles. The van der Waals surface area contributed by atoms with E-state index in [2.05, 4.69) is 5.43 Å². The molecule has 0 unspecified atom stereocenters. The number of nitrogens with zero attached hydrogens (tertiary/aromatic N) is 1. The van der Waals surface area contributed by atoms with Gasteiger partial charge in [-0.3, -0.25) is 19.6 Å². The van der Waals surface area contributed by atoms with Gasteiger partial charge in [0.15, 0.2) is 0 Å². The van der Waals surface area contributed by atoms with Gasteiger partial charge in [0.25, 0.3) is 11.8 Å². The summed E-state index contributed by atoms with van der Waals surface area (Å²) in [6.07, 6.45) is 1.48. The summed E-state index contributed by atoms with van der Waals surface area (Å²) in [5, 5.41) is 1.02.